The maximum Gasteiger partial charge on any atom is 0.280 e. The van der Waals surface area contributed by atoms with Gasteiger partial charge >= 0.3 is 0 Å². The number of alkyl halides is 2. The van der Waals surface area contributed by atoms with Crippen LogP contribution in [0.4, 0.5) is 13.2 Å². The van der Waals surface area contributed by atoms with Crippen molar-refractivity contribution >= 4 is 29.0 Å². The number of thiazole rings is 1. The van der Waals surface area contributed by atoms with Crippen LogP contribution in [-0.2, 0) is 0 Å². The molecular formula is C19H17F3N4O2S. The number of halogens is 3. The van der Waals surface area contributed by atoms with Crippen molar-refractivity contribution < 1.29 is 22.8 Å². The second-order valence-electron chi connectivity index (χ2n) is 7.17. The molecule has 0 aromatic carbocycles. The zero-order valence-electron chi connectivity index (χ0n) is 15.4. The van der Waals surface area contributed by atoms with Crippen molar-refractivity contribution in [1.82, 2.24) is 19.9 Å². The maximum absolute atomic E-state index is 14.2. The molecule has 6 nitrogen and oxygen atoms in total. The Labute approximate surface area is 167 Å². The maximum atomic E-state index is 14.2. The minimum absolute atomic E-state index is 0.0860. The first kappa shape index (κ1) is 19.6. The Morgan fingerprint density at radius 2 is 2.21 bits per heavy atom. The molecule has 1 N–H and O–H groups in total. The highest BCUT2D eigenvalue weighted by atomic mass is 32.1. The molecule has 1 aliphatic rings. The summed E-state index contributed by atoms with van der Waals surface area (Å²) in [5, 5.41) is 6.35. The Morgan fingerprint density at radius 3 is 2.93 bits per heavy atom. The van der Waals surface area contributed by atoms with E-state index >= 15 is 0 Å². The van der Waals surface area contributed by atoms with Crippen LogP contribution in [0.25, 0.3) is 16.8 Å². The van der Waals surface area contributed by atoms with Gasteiger partial charge in [-0.3, -0.25) is 9.59 Å². The molecule has 1 amide bonds. The average Bonchev–Trinajstić information content (AvgIpc) is 3.27. The van der Waals surface area contributed by atoms with Crippen molar-refractivity contribution in [3.8, 4) is 11.3 Å². The van der Waals surface area contributed by atoms with Gasteiger partial charge < -0.3 is 5.32 Å². The third-order valence-electron chi connectivity index (χ3n) is 5.17. The lowest BCUT2D eigenvalue weighted by Gasteiger charge is -2.36. The second kappa shape index (κ2) is 7.25. The summed E-state index contributed by atoms with van der Waals surface area (Å²) in [6.45, 7) is 1.68. The summed E-state index contributed by atoms with van der Waals surface area (Å²) < 4.78 is 43.2. The van der Waals surface area contributed by atoms with Crippen LogP contribution in [0.3, 0.4) is 0 Å². The normalized spacial score (nSPS) is 21.2. The van der Waals surface area contributed by atoms with Gasteiger partial charge in [0.1, 0.15) is 5.82 Å². The summed E-state index contributed by atoms with van der Waals surface area (Å²) in [6, 6.07) is 1.44. The summed E-state index contributed by atoms with van der Waals surface area (Å²) in [6.07, 6.45) is 3.87. The lowest BCUT2D eigenvalue weighted by molar-refractivity contribution is -0.0784. The van der Waals surface area contributed by atoms with Crippen molar-refractivity contribution in [2.45, 2.75) is 38.2 Å². The van der Waals surface area contributed by atoms with Crippen molar-refractivity contribution in [2.24, 2.45) is 5.92 Å². The smallest absolute Gasteiger partial charge is 0.280 e. The number of rotatable bonds is 4. The number of fused-ring (bicyclic) bond motifs is 1. The van der Waals surface area contributed by atoms with Gasteiger partial charge in [-0.1, -0.05) is 6.92 Å². The van der Waals surface area contributed by atoms with Crippen LogP contribution in [-0.4, -0.2) is 38.8 Å². The number of amides is 1. The zero-order valence-corrected chi connectivity index (χ0v) is 16.2. The standard InChI is InChI=1S/C19H17F3N4O2S/c1-10-3-2-6-19(21,22)16(10)25-17(28)18-24-15(14(9-27)29-18)12-7-23-26-8-11(20)4-5-13(12)26/h4-5,7-10,16H,2-3,6H2,1H3,(H,25,28)/t10-,16?/m0/s1. The van der Waals surface area contributed by atoms with Crippen LogP contribution in [0.1, 0.15) is 45.7 Å². The SMILES string of the molecule is C[C@H]1CCCC(F)(F)C1NC(=O)c1nc(-c2cnn3cc(F)ccc23)c(C=O)s1. The van der Waals surface area contributed by atoms with Crippen molar-refractivity contribution in [3.05, 3.63) is 40.2 Å². The van der Waals surface area contributed by atoms with E-state index in [2.05, 4.69) is 15.4 Å². The van der Waals surface area contributed by atoms with E-state index in [9.17, 15) is 22.8 Å². The van der Waals surface area contributed by atoms with Crippen LogP contribution in [0.5, 0.6) is 0 Å². The molecule has 0 aliphatic heterocycles. The highest BCUT2D eigenvalue weighted by Crippen LogP contribution is 2.37. The third kappa shape index (κ3) is 3.52. The van der Waals surface area contributed by atoms with Gasteiger partial charge in [-0.15, -0.1) is 11.3 Å². The van der Waals surface area contributed by atoms with Gasteiger partial charge in [-0.2, -0.15) is 5.10 Å². The fourth-order valence-electron chi connectivity index (χ4n) is 3.69. The average molecular weight is 422 g/mol. The number of aromatic nitrogens is 3. The number of aldehydes is 1. The number of nitrogens with zero attached hydrogens (tertiary/aromatic N) is 3. The Bertz CT molecular complexity index is 1090. The third-order valence-corrected chi connectivity index (χ3v) is 6.15. The number of carbonyl (C=O) groups excluding carboxylic acids is 2. The predicted octanol–water partition coefficient (Wildman–Crippen LogP) is 3.96. The molecule has 1 aliphatic carbocycles. The van der Waals surface area contributed by atoms with Gasteiger partial charge in [-0.25, -0.2) is 22.7 Å². The summed E-state index contributed by atoms with van der Waals surface area (Å²) in [5.41, 5.74) is 1.15. The number of nitrogens with one attached hydrogen (secondary N) is 1. The highest BCUT2D eigenvalue weighted by Gasteiger charge is 2.46. The quantitative estimate of drug-likeness (QED) is 0.646. The van der Waals surface area contributed by atoms with Crippen LogP contribution in [0.15, 0.2) is 24.5 Å². The van der Waals surface area contributed by atoms with Crippen molar-refractivity contribution in [2.75, 3.05) is 0 Å². The molecule has 1 unspecified atom stereocenters. The summed E-state index contributed by atoms with van der Waals surface area (Å²) in [4.78, 5) is 28.5. The van der Waals surface area contributed by atoms with Crippen molar-refractivity contribution in [3.63, 3.8) is 0 Å². The Morgan fingerprint density at radius 1 is 1.41 bits per heavy atom. The fraction of sp³-hybridized carbons (Fsp3) is 0.368. The second-order valence-corrected chi connectivity index (χ2v) is 8.20. The van der Waals surface area contributed by atoms with Gasteiger partial charge in [0.25, 0.3) is 11.8 Å². The van der Waals surface area contributed by atoms with Gasteiger partial charge in [-0.05, 0) is 30.9 Å². The molecule has 1 fully saturated rings. The lowest BCUT2D eigenvalue weighted by Crippen LogP contribution is -2.53. The monoisotopic (exact) mass is 422 g/mol. The Hall–Kier alpha value is -2.75. The van der Waals surface area contributed by atoms with Crippen molar-refractivity contribution in [1.29, 1.82) is 0 Å². The molecule has 3 aromatic rings. The Kier molecular flexibility index (Phi) is 4.89. The molecule has 4 rings (SSSR count). The predicted molar refractivity (Wildman–Crippen MR) is 101 cm³/mol. The fourth-order valence-corrected chi connectivity index (χ4v) is 4.49. The first-order chi connectivity index (χ1) is 13.8. The molecular weight excluding hydrogens is 405 g/mol. The van der Waals surface area contributed by atoms with E-state index in [4.69, 9.17) is 0 Å². The van der Waals surface area contributed by atoms with Gasteiger partial charge in [0.15, 0.2) is 11.3 Å². The molecule has 1 saturated carbocycles. The molecule has 152 valence electrons. The van der Waals surface area contributed by atoms with Gasteiger partial charge in [0.05, 0.1) is 34.5 Å². The molecule has 0 radical (unpaired) electrons. The summed E-state index contributed by atoms with van der Waals surface area (Å²) in [7, 11) is 0. The first-order valence-corrected chi connectivity index (χ1v) is 9.90. The number of pyridine rings is 1. The van der Waals surface area contributed by atoms with E-state index in [0.29, 0.717) is 30.2 Å². The zero-order chi connectivity index (χ0) is 20.8. The lowest BCUT2D eigenvalue weighted by atomic mass is 9.83. The van der Waals surface area contributed by atoms with E-state index in [0.717, 1.165) is 11.3 Å². The summed E-state index contributed by atoms with van der Waals surface area (Å²) >= 11 is 0.820. The van der Waals surface area contributed by atoms with Crippen LogP contribution < -0.4 is 5.32 Å². The van der Waals surface area contributed by atoms with E-state index in [1.165, 1.54) is 29.0 Å². The largest absolute Gasteiger partial charge is 0.341 e. The van der Waals surface area contributed by atoms with Crippen LogP contribution in [0, 0.1) is 11.7 Å². The minimum atomic E-state index is -2.99. The van der Waals surface area contributed by atoms with Gasteiger partial charge in [0.2, 0.25) is 0 Å². The topological polar surface area (TPSA) is 76.4 Å². The van der Waals surface area contributed by atoms with E-state index in [-0.39, 0.29) is 27.9 Å². The molecule has 0 spiro atoms. The number of hydrogen-bond acceptors (Lipinski definition) is 5. The first-order valence-electron chi connectivity index (χ1n) is 9.08. The van der Waals surface area contributed by atoms with E-state index in [1.54, 1.807) is 6.92 Å². The van der Waals surface area contributed by atoms with E-state index in [1.807, 2.05) is 0 Å². The Balaban J connectivity index is 1.67. The minimum Gasteiger partial charge on any atom is -0.341 e. The molecule has 29 heavy (non-hydrogen) atoms. The molecule has 0 saturated heterocycles. The molecule has 2 atom stereocenters. The van der Waals surface area contributed by atoms with Crippen LogP contribution >= 0.6 is 11.3 Å². The molecule has 0 bridgehead atoms. The molecule has 3 heterocycles. The van der Waals surface area contributed by atoms with Crippen LogP contribution in [0.2, 0.25) is 0 Å². The highest BCUT2D eigenvalue weighted by molar-refractivity contribution is 7.15. The molecule has 3 aromatic heterocycles. The molecule has 10 heteroatoms. The number of carbonyl (C=O) groups is 2. The number of hydrogen-bond donors (Lipinski definition) is 1. The summed E-state index contributed by atoms with van der Waals surface area (Å²) in [5.74, 6) is -4.59. The van der Waals surface area contributed by atoms with E-state index < -0.39 is 23.7 Å². The van der Waals surface area contributed by atoms with Gasteiger partial charge in [0, 0.05) is 12.0 Å².